The summed E-state index contributed by atoms with van der Waals surface area (Å²) in [5, 5.41) is 0. The highest BCUT2D eigenvalue weighted by atomic mass is 79.9. The molecule has 0 amide bonds. The summed E-state index contributed by atoms with van der Waals surface area (Å²) in [4.78, 5) is 0. The van der Waals surface area contributed by atoms with Gasteiger partial charge in [0, 0.05) is 16.0 Å². The highest BCUT2D eigenvalue weighted by Gasteiger charge is 2.32. The van der Waals surface area contributed by atoms with E-state index in [0.29, 0.717) is 16.0 Å². The first-order chi connectivity index (χ1) is 7.33. The van der Waals surface area contributed by atoms with E-state index in [4.69, 9.17) is 0 Å². The molecule has 0 aliphatic rings. The van der Waals surface area contributed by atoms with Gasteiger partial charge in [0.05, 0.1) is 0 Å². The Morgan fingerprint density at radius 2 is 2.06 bits per heavy atom. The Balaban J connectivity index is 3.12. The molecule has 0 bridgehead atoms. The molecule has 1 rings (SSSR count). The van der Waals surface area contributed by atoms with Crippen molar-refractivity contribution in [2.45, 2.75) is 13.3 Å². The lowest BCUT2D eigenvalue weighted by Crippen LogP contribution is -2.18. The van der Waals surface area contributed by atoms with Crippen LogP contribution >= 0.6 is 15.9 Å². The van der Waals surface area contributed by atoms with Gasteiger partial charge in [-0.1, -0.05) is 28.9 Å². The van der Waals surface area contributed by atoms with E-state index in [1.807, 2.05) is 0 Å². The number of halogens is 4. The van der Waals surface area contributed by atoms with Crippen molar-refractivity contribution in [1.82, 2.24) is 0 Å². The molecule has 0 saturated heterocycles. The molecule has 0 atom stereocenters. The molecule has 0 heterocycles. The molecule has 0 aromatic heterocycles. The van der Waals surface area contributed by atoms with Gasteiger partial charge >= 0.3 is 6.36 Å². The van der Waals surface area contributed by atoms with E-state index >= 15 is 0 Å². The van der Waals surface area contributed by atoms with Crippen LogP contribution in [0.1, 0.15) is 12.5 Å². The van der Waals surface area contributed by atoms with E-state index < -0.39 is 6.36 Å². The molecule has 0 unspecified atom stereocenters. The number of benzene rings is 1. The van der Waals surface area contributed by atoms with Gasteiger partial charge in [0.25, 0.3) is 0 Å². The van der Waals surface area contributed by atoms with E-state index in [9.17, 15) is 13.2 Å². The highest BCUT2D eigenvalue weighted by molar-refractivity contribution is 9.10. The molecule has 0 aliphatic carbocycles. The van der Waals surface area contributed by atoms with Crippen molar-refractivity contribution >= 4 is 15.9 Å². The van der Waals surface area contributed by atoms with Gasteiger partial charge in [-0.05, 0) is 18.2 Å². The lowest BCUT2D eigenvalue weighted by molar-refractivity contribution is -0.274. The van der Waals surface area contributed by atoms with Gasteiger partial charge in [-0.15, -0.1) is 19.8 Å². The SMILES string of the molecule is C=C[C](C)c1cc(Br)ccc1OC(F)(F)F. The Morgan fingerprint density at radius 1 is 1.44 bits per heavy atom. The zero-order valence-corrected chi connectivity index (χ0v) is 10.0. The van der Waals surface area contributed by atoms with Gasteiger partial charge in [0.1, 0.15) is 5.75 Å². The summed E-state index contributed by atoms with van der Waals surface area (Å²) in [6.07, 6.45) is -3.21. The molecule has 1 aromatic rings. The van der Waals surface area contributed by atoms with Gasteiger partial charge in [0.15, 0.2) is 0 Å². The maximum atomic E-state index is 12.1. The Labute approximate surface area is 100 Å². The Hall–Kier alpha value is -0.970. The molecule has 0 spiro atoms. The van der Waals surface area contributed by atoms with Crippen LogP contribution in [0.2, 0.25) is 0 Å². The third kappa shape index (κ3) is 3.56. The second kappa shape index (κ2) is 4.91. The van der Waals surface area contributed by atoms with E-state index in [0.717, 1.165) is 0 Å². The first kappa shape index (κ1) is 13.1. The number of hydrogen-bond acceptors (Lipinski definition) is 1. The molecule has 16 heavy (non-hydrogen) atoms. The van der Waals surface area contributed by atoms with Crippen LogP contribution in [0, 0.1) is 5.92 Å². The number of rotatable bonds is 3. The van der Waals surface area contributed by atoms with Crippen LogP contribution in [0.25, 0.3) is 0 Å². The average Bonchev–Trinajstić information content (AvgIpc) is 2.17. The Morgan fingerprint density at radius 3 is 2.56 bits per heavy atom. The molecular formula is C11H9BrF3O. The highest BCUT2D eigenvalue weighted by Crippen LogP contribution is 2.33. The largest absolute Gasteiger partial charge is 0.573 e. The van der Waals surface area contributed by atoms with Gasteiger partial charge in [-0.3, -0.25) is 0 Å². The fraction of sp³-hybridized carbons (Fsp3) is 0.182. The Kier molecular flexibility index (Phi) is 4.02. The van der Waals surface area contributed by atoms with E-state index in [2.05, 4.69) is 27.2 Å². The fourth-order valence-corrected chi connectivity index (χ4v) is 1.50. The van der Waals surface area contributed by atoms with Crippen molar-refractivity contribution in [1.29, 1.82) is 0 Å². The van der Waals surface area contributed by atoms with E-state index in [1.165, 1.54) is 18.2 Å². The van der Waals surface area contributed by atoms with Crippen molar-refractivity contribution in [2.24, 2.45) is 0 Å². The minimum absolute atomic E-state index is 0.229. The molecular weight excluding hydrogens is 285 g/mol. The van der Waals surface area contributed by atoms with Gasteiger partial charge in [0.2, 0.25) is 0 Å². The topological polar surface area (TPSA) is 9.23 Å². The van der Waals surface area contributed by atoms with Gasteiger partial charge in [-0.2, -0.15) is 0 Å². The number of ether oxygens (including phenoxy) is 1. The minimum Gasteiger partial charge on any atom is -0.405 e. The summed E-state index contributed by atoms with van der Waals surface area (Å²) >= 11 is 3.19. The summed E-state index contributed by atoms with van der Waals surface area (Å²) in [6.45, 7) is 5.18. The van der Waals surface area contributed by atoms with Crippen molar-refractivity contribution in [2.75, 3.05) is 0 Å². The molecule has 1 aromatic carbocycles. The lowest BCUT2D eigenvalue weighted by Gasteiger charge is -2.15. The van der Waals surface area contributed by atoms with Crippen LogP contribution in [-0.2, 0) is 0 Å². The predicted molar refractivity (Wildman–Crippen MR) is 59.0 cm³/mol. The minimum atomic E-state index is -4.69. The summed E-state index contributed by atoms with van der Waals surface area (Å²) in [7, 11) is 0. The summed E-state index contributed by atoms with van der Waals surface area (Å²) in [6, 6.07) is 4.30. The zero-order chi connectivity index (χ0) is 12.3. The molecule has 0 aliphatic heterocycles. The van der Waals surface area contributed by atoms with Crippen LogP contribution < -0.4 is 4.74 Å². The van der Waals surface area contributed by atoms with Gasteiger partial charge in [-0.25, -0.2) is 0 Å². The molecule has 0 fully saturated rings. The van der Waals surface area contributed by atoms with Crippen molar-refractivity contribution < 1.29 is 17.9 Å². The van der Waals surface area contributed by atoms with Crippen molar-refractivity contribution in [3.05, 3.63) is 46.8 Å². The quantitative estimate of drug-likeness (QED) is 0.799. The maximum absolute atomic E-state index is 12.1. The molecule has 1 nitrogen and oxygen atoms in total. The summed E-state index contributed by atoms with van der Waals surface area (Å²) in [5.74, 6) is 0.383. The number of allylic oxidation sites excluding steroid dienone is 1. The second-order valence-corrected chi connectivity index (χ2v) is 3.99. The van der Waals surface area contributed by atoms with Crippen LogP contribution in [-0.4, -0.2) is 6.36 Å². The number of alkyl halides is 3. The molecule has 87 valence electrons. The second-order valence-electron chi connectivity index (χ2n) is 3.08. The zero-order valence-electron chi connectivity index (χ0n) is 8.44. The van der Waals surface area contributed by atoms with E-state index in [1.54, 1.807) is 13.0 Å². The molecule has 1 radical (unpaired) electrons. The molecule has 0 saturated carbocycles. The lowest BCUT2D eigenvalue weighted by atomic mass is 10.0. The summed E-state index contributed by atoms with van der Waals surface area (Å²) in [5.41, 5.74) is 0.363. The molecule has 5 heteroatoms. The smallest absolute Gasteiger partial charge is 0.405 e. The third-order valence-corrected chi connectivity index (χ3v) is 2.39. The first-order valence-electron chi connectivity index (χ1n) is 4.35. The average molecular weight is 294 g/mol. The first-order valence-corrected chi connectivity index (χ1v) is 5.14. The standard InChI is InChI=1S/C11H9BrF3O/c1-3-7(2)9-6-8(12)4-5-10(9)16-11(13,14)15/h3-6H,1H2,2H3. The van der Waals surface area contributed by atoms with Crippen molar-refractivity contribution in [3.8, 4) is 5.75 Å². The van der Waals surface area contributed by atoms with Crippen molar-refractivity contribution in [3.63, 3.8) is 0 Å². The van der Waals surface area contributed by atoms with Crippen LogP contribution in [0.15, 0.2) is 35.3 Å². The fourth-order valence-electron chi connectivity index (χ4n) is 1.13. The monoisotopic (exact) mass is 293 g/mol. The normalized spacial score (nSPS) is 11.6. The Bertz CT molecular complexity index is 387. The van der Waals surface area contributed by atoms with E-state index in [-0.39, 0.29) is 5.75 Å². The van der Waals surface area contributed by atoms with Gasteiger partial charge < -0.3 is 4.74 Å². The third-order valence-electron chi connectivity index (χ3n) is 1.90. The predicted octanol–water partition coefficient (Wildman–Crippen LogP) is 4.48. The summed E-state index contributed by atoms with van der Waals surface area (Å²) < 4.78 is 41.0. The van der Waals surface area contributed by atoms with Crippen LogP contribution in [0.3, 0.4) is 0 Å². The maximum Gasteiger partial charge on any atom is 0.573 e. The molecule has 0 N–H and O–H groups in total. The van der Waals surface area contributed by atoms with Crippen LogP contribution in [0.5, 0.6) is 5.75 Å². The number of hydrogen-bond donors (Lipinski definition) is 0. The van der Waals surface area contributed by atoms with Crippen LogP contribution in [0.4, 0.5) is 13.2 Å².